The Kier molecular flexibility index (Phi) is 5.11. The van der Waals surface area contributed by atoms with Gasteiger partial charge in [-0.3, -0.25) is 0 Å². The predicted octanol–water partition coefficient (Wildman–Crippen LogP) is 5.50. The molecule has 3 heteroatoms. The average Bonchev–Trinajstić information content (AvgIpc) is 3.46. The first kappa shape index (κ1) is 18.1. The Bertz CT molecular complexity index is 1030. The number of hydrogen-bond acceptors (Lipinski definition) is 2. The van der Waals surface area contributed by atoms with Crippen LogP contribution in [0.3, 0.4) is 0 Å². The van der Waals surface area contributed by atoms with Crippen LogP contribution in [0.2, 0.25) is 0 Å². The molecule has 1 unspecified atom stereocenters. The van der Waals surface area contributed by atoms with Gasteiger partial charge in [-0.25, -0.2) is 4.99 Å². The fourth-order valence-electron chi connectivity index (χ4n) is 3.87. The Balaban J connectivity index is 1.57. The molecule has 29 heavy (non-hydrogen) atoms. The van der Waals surface area contributed by atoms with Crippen molar-refractivity contribution in [2.45, 2.75) is 12.5 Å². The van der Waals surface area contributed by atoms with E-state index in [9.17, 15) is 0 Å². The summed E-state index contributed by atoms with van der Waals surface area (Å²) >= 11 is 0. The molecule has 0 bridgehead atoms. The average molecular weight is 395 g/mol. The zero-order valence-electron chi connectivity index (χ0n) is 16.1. The highest BCUT2D eigenvalue weighted by atomic mass is 31.1. The van der Waals surface area contributed by atoms with Gasteiger partial charge < -0.3 is 4.74 Å². The van der Waals surface area contributed by atoms with Crippen LogP contribution in [0, 0.1) is 0 Å². The molecular formula is C26H22NOP. The van der Waals surface area contributed by atoms with Crippen LogP contribution in [0.25, 0.3) is 0 Å². The Morgan fingerprint density at radius 2 is 1.34 bits per heavy atom. The molecule has 1 atom stereocenters. The van der Waals surface area contributed by atoms with E-state index in [1.165, 1.54) is 27.1 Å². The van der Waals surface area contributed by atoms with Gasteiger partial charge in [-0.05, 0) is 35.8 Å². The molecule has 0 aromatic heterocycles. The van der Waals surface area contributed by atoms with Gasteiger partial charge >= 0.3 is 0 Å². The molecule has 3 aromatic carbocycles. The fraction of sp³-hybridized carbons (Fsp3) is 0.115. The van der Waals surface area contributed by atoms with E-state index >= 15 is 0 Å². The normalized spacial score (nSPS) is 18.2. The van der Waals surface area contributed by atoms with Crippen molar-refractivity contribution >= 4 is 24.4 Å². The zero-order chi connectivity index (χ0) is 19.5. The third kappa shape index (κ3) is 3.69. The number of aliphatic imine (C=N–C) groups is 1. The van der Waals surface area contributed by atoms with Crippen molar-refractivity contribution in [1.82, 2.24) is 0 Å². The first-order valence-electron chi connectivity index (χ1n) is 9.96. The van der Waals surface area contributed by atoms with E-state index in [1.54, 1.807) is 0 Å². The predicted molar refractivity (Wildman–Crippen MR) is 122 cm³/mol. The van der Waals surface area contributed by atoms with Gasteiger partial charge in [0.05, 0.1) is 0 Å². The smallest absolute Gasteiger partial charge is 0.213 e. The summed E-state index contributed by atoms with van der Waals surface area (Å²) in [5.41, 5.74) is 2.45. The van der Waals surface area contributed by atoms with Crippen LogP contribution in [0.1, 0.15) is 18.0 Å². The lowest BCUT2D eigenvalue weighted by atomic mass is 10.1. The van der Waals surface area contributed by atoms with E-state index in [2.05, 4.69) is 97.1 Å². The molecule has 0 fully saturated rings. The van der Waals surface area contributed by atoms with Crippen LogP contribution in [-0.2, 0) is 4.74 Å². The van der Waals surface area contributed by atoms with Gasteiger partial charge in [-0.15, -0.1) is 0 Å². The summed E-state index contributed by atoms with van der Waals surface area (Å²) in [6.45, 7) is 0.616. The Morgan fingerprint density at radius 1 is 0.759 bits per heavy atom. The number of benzene rings is 3. The van der Waals surface area contributed by atoms with Crippen LogP contribution in [0.4, 0.5) is 0 Å². The van der Waals surface area contributed by atoms with E-state index in [4.69, 9.17) is 9.73 Å². The van der Waals surface area contributed by atoms with Crippen molar-refractivity contribution in [3.63, 3.8) is 0 Å². The summed E-state index contributed by atoms with van der Waals surface area (Å²) in [4.78, 5) is 4.97. The number of ether oxygens (including phenoxy) is 1. The van der Waals surface area contributed by atoms with Gasteiger partial charge in [0.2, 0.25) is 5.90 Å². The minimum Gasteiger partial charge on any atom is -0.475 e. The van der Waals surface area contributed by atoms with Gasteiger partial charge in [0.25, 0.3) is 0 Å². The maximum Gasteiger partial charge on any atom is 0.213 e. The second kappa shape index (κ2) is 8.19. The minimum absolute atomic E-state index is 0.0835. The minimum atomic E-state index is -0.644. The topological polar surface area (TPSA) is 21.6 Å². The van der Waals surface area contributed by atoms with Gasteiger partial charge in [-0.1, -0.05) is 103 Å². The quantitative estimate of drug-likeness (QED) is 0.523. The summed E-state index contributed by atoms with van der Waals surface area (Å²) in [6, 6.07) is 32.1. The van der Waals surface area contributed by atoms with Crippen molar-refractivity contribution in [3.05, 3.63) is 120 Å². The molecule has 0 amide bonds. The molecule has 1 heterocycles. The van der Waals surface area contributed by atoms with E-state index in [-0.39, 0.29) is 6.04 Å². The lowest BCUT2D eigenvalue weighted by Gasteiger charge is -2.21. The molecule has 0 radical (unpaired) electrons. The van der Waals surface area contributed by atoms with Crippen LogP contribution >= 0.6 is 7.92 Å². The highest BCUT2D eigenvalue weighted by Crippen LogP contribution is 2.48. The van der Waals surface area contributed by atoms with Crippen LogP contribution in [0.15, 0.2) is 119 Å². The second-order valence-electron chi connectivity index (χ2n) is 7.15. The number of rotatable bonds is 5. The van der Waals surface area contributed by atoms with Crippen molar-refractivity contribution in [2.24, 2.45) is 4.99 Å². The largest absolute Gasteiger partial charge is 0.475 e. The fourth-order valence-corrected chi connectivity index (χ4v) is 6.37. The molecule has 1 aliphatic carbocycles. The first-order chi connectivity index (χ1) is 14.4. The van der Waals surface area contributed by atoms with E-state index in [0.717, 1.165) is 12.3 Å². The summed E-state index contributed by atoms with van der Waals surface area (Å²) in [6.07, 6.45) is 5.41. The Labute approximate surface area is 173 Å². The molecule has 0 saturated carbocycles. The van der Waals surface area contributed by atoms with Crippen molar-refractivity contribution in [2.75, 3.05) is 6.61 Å². The molecule has 2 aliphatic rings. The van der Waals surface area contributed by atoms with Crippen molar-refractivity contribution in [3.8, 4) is 0 Å². The van der Waals surface area contributed by atoms with Gasteiger partial charge in [0, 0.05) is 5.57 Å². The molecule has 142 valence electrons. The Morgan fingerprint density at radius 3 is 1.97 bits per heavy atom. The number of hydrogen-bond donors (Lipinski definition) is 0. The second-order valence-corrected chi connectivity index (χ2v) is 9.33. The number of allylic oxidation sites excluding steroid dienone is 3. The van der Waals surface area contributed by atoms with Crippen molar-refractivity contribution in [1.29, 1.82) is 0 Å². The summed E-state index contributed by atoms with van der Waals surface area (Å²) in [5.74, 6) is 0.818. The zero-order valence-corrected chi connectivity index (χ0v) is 17.0. The van der Waals surface area contributed by atoms with Crippen LogP contribution in [-0.4, -0.2) is 12.5 Å². The van der Waals surface area contributed by atoms with Gasteiger partial charge in [0.1, 0.15) is 12.6 Å². The highest BCUT2D eigenvalue weighted by molar-refractivity contribution is 7.77. The standard InChI is InChI=1S/C26H22NOP/c1-4-11-20(12-5-1)24-19-28-26(27-24)23-17-10-18-25(23)29(21-13-6-2-7-14-21)22-15-8-3-9-16-22/h1-16,18,24H,17,19H2. The lowest BCUT2D eigenvalue weighted by Crippen LogP contribution is -2.14. The number of nitrogens with zero attached hydrogens (tertiary/aromatic N) is 1. The molecule has 0 saturated heterocycles. The van der Waals surface area contributed by atoms with Gasteiger partial charge in [-0.2, -0.15) is 0 Å². The molecule has 1 aliphatic heterocycles. The SMILES string of the molecule is C1=CC(P(c2ccccc2)c2ccccc2)=C(C2=NC(c3ccccc3)CO2)C1. The molecule has 0 N–H and O–H groups in total. The monoisotopic (exact) mass is 395 g/mol. The molecule has 3 aromatic rings. The molecule has 2 nitrogen and oxygen atoms in total. The maximum atomic E-state index is 6.12. The summed E-state index contributed by atoms with van der Waals surface area (Å²) in [7, 11) is -0.644. The molecular weight excluding hydrogens is 373 g/mol. The third-order valence-corrected chi connectivity index (χ3v) is 7.80. The first-order valence-corrected chi connectivity index (χ1v) is 11.3. The van der Waals surface area contributed by atoms with E-state index < -0.39 is 7.92 Å². The van der Waals surface area contributed by atoms with Crippen LogP contribution in [0.5, 0.6) is 0 Å². The van der Waals surface area contributed by atoms with Crippen LogP contribution < -0.4 is 10.6 Å². The summed E-state index contributed by atoms with van der Waals surface area (Å²) < 4.78 is 6.12. The third-order valence-electron chi connectivity index (χ3n) is 5.27. The summed E-state index contributed by atoms with van der Waals surface area (Å²) in [5, 5.41) is 4.06. The van der Waals surface area contributed by atoms with E-state index in [0.29, 0.717) is 6.61 Å². The molecule has 0 spiro atoms. The van der Waals surface area contributed by atoms with Gasteiger partial charge in [0.15, 0.2) is 0 Å². The van der Waals surface area contributed by atoms with Crippen molar-refractivity contribution < 1.29 is 4.74 Å². The highest BCUT2D eigenvalue weighted by Gasteiger charge is 2.29. The Hall–Kier alpha value is -2.96. The molecule has 5 rings (SSSR count). The maximum absolute atomic E-state index is 6.12. The lowest BCUT2D eigenvalue weighted by molar-refractivity contribution is 0.319. The van der Waals surface area contributed by atoms with E-state index in [1.807, 2.05) is 6.07 Å².